The van der Waals surface area contributed by atoms with Crippen LogP contribution in [-0.2, 0) is 9.31 Å². The highest BCUT2D eigenvalue weighted by Crippen LogP contribution is 2.37. The van der Waals surface area contributed by atoms with Gasteiger partial charge in [0, 0.05) is 11.6 Å². The number of aromatic nitrogens is 1. The van der Waals surface area contributed by atoms with Gasteiger partial charge in [-0.15, -0.1) is 0 Å². The fourth-order valence-electron chi connectivity index (χ4n) is 2.07. The van der Waals surface area contributed by atoms with Crippen LogP contribution in [0.25, 0.3) is 0 Å². The highest BCUT2D eigenvalue weighted by molar-refractivity contribution is 6.85. The predicted molar refractivity (Wildman–Crippen MR) is 87.3 cm³/mol. The van der Waals surface area contributed by atoms with Crippen molar-refractivity contribution in [3.63, 3.8) is 0 Å². The standard InChI is InChI=1S/C15H24BN3O3/c1-9(2)20-12-7-10(11(17)8-19-12)13(18)16-21-14(3,4)15(5,6)22-16/h7-9,18H,17H2,1-6H3. The molecule has 22 heavy (non-hydrogen) atoms. The lowest BCUT2D eigenvalue weighted by molar-refractivity contribution is 0.00578. The number of nitrogen functional groups attached to an aromatic ring is 1. The van der Waals surface area contributed by atoms with Crippen LogP contribution in [0.1, 0.15) is 47.1 Å². The van der Waals surface area contributed by atoms with Crippen molar-refractivity contribution in [2.75, 3.05) is 5.73 Å². The lowest BCUT2D eigenvalue weighted by atomic mass is 9.77. The van der Waals surface area contributed by atoms with Crippen LogP contribution >= 0.6 is 0 Å². The summed E-state index contributed by atoms with van der Waals surface area (Å²) in [6, 6.07) is 1.66. The second-order valence-electron chi connectivity index (χ2n) is 6.78. The van der Waals surface area contributed by atoms with Crippen LogP contribution in [0.3, 0.4) is 0 Å². The van der Waals surface area contributed by atoms with E-state index in [0.717, 1.165) is 0 Å². The minimum atomic E-state index is -0.762. The van der Waals surface area contributed by atoms with Gasteiger partial charge in [-0.25, -0.2) is 4.98 Å². The summed E-state index contributed by atoms with van der Waals surface area (Å²) in [7, 11) is -0.762. The Morgan fingerprint density at radius 2 is 1.82 bits per heavy atom. The first-order valence-electron chi connectivity index (χ1n) is 7.40. The largest absolute Gasteiger partial charge is 0.514 e. The molecular weight excluding hydrogens is 281 g/mol. The molecule has 1 aromatic rings. The minimum absolute atomic E-state index is 0.00462. The summed E-state index contributed by atoms with van der Waals surface area (Å²) in [5, 5.41) is 8.39. The van der Waals surface area contributed by atoms with Crippen molar-refractivity contribution in [2.45, 2.75) is 58.8 Å². The van der Waals surface area contributed by atoms with Crippen LogP contribution in [0.5, 0.6) is 5.88 Å². The Balaban J connectivity index is 2.27. The normalized spacial score (nSPS) is 19.5. The van der Waals surface area contributed by atoms with E-state index in [4.69, 9.17) is 25.2 Å². The van der Waals surface area contributed by atoms with Gasteiger partial charge in [-0.3, -0.25) is 0 Å². The molecule has 120 valence electrons. The molecule has 1 aromatic heterocycles. The summed E-state index contributed by atoms with van der Waals surface area (Å²) >= 11 is 0. The number of anilines is 1. The van der Waals surface area contributed by atoms with Gasteiger partial charge in [0.1, 0.15) is 0 Å². The zero-order chi connectivity index (χ0) is 16.7. The summed E-state index contributed by atoms with van der Waals surface area (Å²) < 4.78 is 17.3. The second-order valence-corrected chi connectivity index (χ2v) is 6.78. The molecule has 7 heteroatoms. The van der Waals surface area contributed by atoms with E-state index in [9.17, 15) is 0 Å². The van der Waals surface area contributed by atoms with Crippen molar-refractivity contribution in [3.05, 3.63) is 17.8 Å². The molecule has 6 nitrogen and oxygen atoms in total. The first kappa shape index (κ1) is 16.8. The van der Waals surface area contributed by atoms with E-state index < -0.39 is 18.3 Å². The van der Waals surface area contributed by atoms with Gasteiger partial charge in [0.15, 0.2) is 0 Å². The van der Waals surface area contributed by atoms with Crippen LogP contribution in [0.15, 0.2) is 12.3 Å². The highest BCUT2D eigenvalue weighted by atomic mass is 16.7. The molecular formula is C15H24BN3O3. The van der Waals surface area contributed by atoms with Gasteiger partial charge in [-0.05, 0) is 41.5 Å². The van der Waals surface area contributed by atoms with Crippen LogP contribution in [0, 0.1) is 5.41 Å². The van der Waals surface area contributed by atoms with Crippen LogP contribution in [-0.4, -0.2) is 35.0 Å². The third-order valence-corrected chi connectivity index (χ3v) is 4.05. The van der Waals surface area contributed by atoms with Crippen LogP contribution < -0.4 is 10.5 Å². The van der Waals surface area contributed by atoms with E-state index in [-0.39, 0.29) is 11.7 Å². The van der Waals surface area contributed by atoms with Gasteiger partial charge in [0.05, 0.1) is 34.8 Å². The number of ether oxygens (including phenoxy) is 1. The first-order chi connectivity index (χ1) is 10.0. The highest BCUT2D eigenvalue weighted by Gasteiger charge is 2.53. The first-order valence-corrected chi connectivity index (χ1v) is 7.40. The van der Waals surface area contributed by atoms with E-state index in [1.165, 1.54) is 6.20 Å². The summed E-state index contributed by atoms with van der Waals surface area (Å²) in [4.78, 5) is 4.12. The Morgan fingerprint density at radius 3 is 2.32 bits per heavy atom. The molecule has 0 saturated carbocycles. The van der Waals surface area contributed by atoms with Gasteiger partial charge < -0.3 is 25.2 Å². The zero-order valence-electron chi connectivity index (χ0n) is 14.1. The zero-order valence-corrected chi connectivity index (χ0v) is 14.1. The Kier molecular flexibility index (Phi) is 4.23. The lowest BCUT2D eigenvalue weighted by Crippen LogP contribution is -2.41. The molecule has 1 saturated heterocycles. The van der Waals surface area contributed by atoms with Crippen LogP contribution in [0.2, 0.25) is 0 Å². The van der Waals surface area contributed by atoms with Crippen molar-refractivity contribution in [2.24, 2.45) is 0 Å². The molecule has 0 aliphatic carbocycles. The number of hydrogen-bond donors (Lipinski definition) is 2. The van der Waals surface area contributed by atoms with E-state index in [1.807, 2.05) is 41.5 Å². The number of nitrogens with one attached hydrogen (secondary N) is 1. The summed E-state index contributed by atoms with van der Waals surface area (Å²) in [5.41, 5.74) is 6.05. The summed E-state index contributed by atoms with van der Waals surface area (Å²) in [5.74, 6) is 0.431. The fourth-order valence-corrected chi connectivity index (χ4v) is 2.07. The predicted octanol–water partition coefficient (Wildman–Crippen LogP) is 2.45. The Morgan fingerprint density at radius 1 is 1.27 bits per heavy atom. The number of pyridine rings is 1. The van der Waals surface area contributed by atoms with Crippen molar-refractivity contribution < 1.29 is 14.0 Å². The van der Waals surface area contributed by atoms with Gasteiger partial charge in [-0.1, -0.05) is 0 Å². The van der Waals surface area contributed by atoms with Crippen molar-refractivity contribution in [1.29, 1.82) is 5.41 Å². The molecule has 1 fully saturated rings. The topological polar surface area (TPSA) is 90.5 Å². The van der Waals surface area contributed by atoms with Gasteiger partial charge >= 0.3 is 7.12 Å². The molecule has 0 bridgehead atoms. The third kappa shape index (κ3) is 3.10. The van der Waals surface area contributed by atoms with E-state index in [1.54, 1.807) is 6.07 Å². The quantitative estimate of drug-likeness (QED) is 0.658. The monoisotopic (exact) mass is 305 g/mol. The molecule has 0 unspecified atom stereocenters. The Hall–Kier alpha value is -1.60. The maximum absolute atomic E-state index is 8.39. The maximum atomic E-state index is 8.39. The molecule has 0 atom stereocenters. The minimum Gasteiger partial charge on any atom is -0.475 e. The SMILES string of the molecule is CC(C)Oc1cc(C(=N)B2OC(C)(C)C(C)(C)O2)c(N)cn1. The second kappa shape index (κ2) is 5.55. The molecule has 1 aliphatic heterocycles. The van der Waals surface area contributed by atoms with Crippen molar-refractivity contribution in [3.8, 4) is 5.88 Å². The van der Waals surface area contributed by atoms with Gasteiger partial charge in [-0.2, -0.15) is 0 Å². The fraction of sp³-hybridized carbons (Fsp3) is 0.600. The van der Waals surface area contributed by atoms with Crippen LogP contribution in [0.4, 0.5) is 5.69 Å². The molecule has 0 spiro atoms. The molecule has 0 radical (unpaired) electrons. The average Bonchev–Trinajstić information content (AvgIpc) is 2.59. The maximum Gasteiger partial charge on any atom is 0.514 e. The molecule has 2 heterocycles. The van der Waals surface area contributed by atoms with E-state index in [2.05, 4.69) is 4.98 Å². The molecule has 3 N–H and O–H groups in total. The molecule has 2 rings (SSSR count). The van der Waals surface area contributed by atoms with Gasteiger partial charge in [0.25, 0.3) is 0 Å². The van der Waals surface area contributed by atoms with Crippen molar-refractivity contribution >= 4 is 18.4 Å². The third-order valence-electron chi connectivity index (χ3n) is 4.05. The average molecular weight is 305 g/mol. The number of nitrogens with zero attached hydrogens (tertiary/aromatic N) is 1. The number of rotatable bonds is 4. The summed E-state index contributed by atoms with van der Waals surface area (Å²) in [6.45, 7) is 11.6. The number of nitrogens with two attached hydrogens (primary N) is 1. The smallest absolute Gasteiger partial charge is 0.475 e. The Bertz CT molecular complexity index is 571. The van der Waals surface area contributed by atoms with E-state index >= 15 is 0 Å². The molecule has 0 aromatic carbocycles. The lowest BCUT2D eigenvalue weighted by Gasteiger charge is -2.32. The van der Waals surface area contributed by atoms with Gasteiger partial charge in [0.2, 0.25) is 5.88 Å². The Labute approximate surface area is 132 Å². The van der Waals surface area contributed by atoms with E-state index in [0.29, 0.717) is 17.1 Å². The molecule has 0 amide bonds. The summed E-state index contributed by atoms with van der Waals surface area (Å²) in [6.07, 6.45) is 1.49. The van der Waals surface area contributed by atoms with Crippen molar-refractivity contribution in [1.82, 2.24) is 4.98 Å². The number of hydrogen-bond acceptors (Lipinski definition) is 6. The molecule has 1 aliphatic rings.